The van der Waals surface area contributed by atoms with Crippen LogP contribution >= 0.6 is 0 Å². The second-order valence-electron chi connectivity index (χ2n) is 16.9. The van der Waals surface area contributed by atoms with Gasteiger partial charge in [-0.05, 0) is 114 Å². The van der Waals surface area contributed by atoms with Gasteiger partial charge in [-0.3, -0.25) is 9.59 Å². The normalized spacial score (nSPS) is 40.7. The van der Waals surface area contributed by atoms with Crippen molar-refractivity contribution in [3.05, 3.63) is 41.0 Å². The fraction of sp³-hybridized carbons (Fsp3) is 0.737. The zero-order chi connectivity index (χ0) is 30.5. The molecule has 42 heavy (non-hydrogen) atoms. The molecule has 4 fully saturated rings. The molecule has 5 aliphatic rings. The van der Waals surface area contributed by atoms with Crippen molar-refractivity contribution in [1.29, 1.82) is 0 Å². The first-order valence-electron chi connectivity index (χ1n) is 16.9. The molecule has 6 rings (SSSR count). The number of amides is 1. The van der Waals surface area contributed by atoms with Crippen molar-refractivity contribution in [2.45, 2.75) is 119 Å². The summed E-state index contributed by atoms with van der Waals surface area (Å²) in [7, 11) is 1.86. The lowest BCUT2D eigenvalue weighted by atomic mass is 9.33. The lowest BCUT2D eigenvalue weighted by molar-refractivity contribution is -0.212. The number of carbonyl (C=O) groups excluding carboxylic acids is 2. The Labute approximate surface area is 254 Å². The number of aromatic hydroxyl groups is 1. The number of carbonyl (C=O) groups is 2. The van der Waals surface area contributed by atoms with E-state index >= 15 is 0 Å². The molecule has 5 aliphatic carbocycles. The van der Waals surface area contributed by atoms with Gasteiger partial charge >= 0.3 is 0 Å². The van der Waals surface area contributed by atoms with Crippen LogP contribution < -0.4 is 0 Å². The van der Waals surface area contributed by atoms with Crippen LogP contribution in [0, 0.1) is 50.7 Å². The summed E-state index contributed by atoms with van der Waals surface area (Å²) in [4.78, 5) is 30.3. The first kappa shape index (κ1) is 29.9. The highest BCUT2D eigenvalue weighted by Gasteiger charge is 2.70. The van der Waals surface area contributed by atoms with E-state index < -0.39 is 5.41 Å². The van der Waals surface area contributed by atoms with Gasteiger partial charge in [0.25, 0.3) is 0 Å². The van der Waals surface area contributed by atoms with E-state index in [4.69, 9.17) is 0 Å². The number of benzene rings is 1. The summed E-state index contributed by atoms with van der Waals surface area (Å²) >= 11 is 0. The van der Waals surface area contributed by atoms with Crippen LogP contribution in [-0.4, -0.2) is 28.7 Å². The second-order valence-corrected chi connectivity index (χ2v) is 16.9. The van der Waals surface area contributed by atoms with Crippen LogP contribution in [0.3, 0.4) is 0 Å². The van der Waals surface area contributed by atoms with E-state index in [1.807, 2.05) is 25.2 Å². The Morgan fingerprint density at radius 2 is 1.64 bits per heavy atom. The van der Waals surface area contributed by atoms with Crippen LogP contribution in [0.2, 0.25) is 0 Å². The smallest absolute Gasteiger partial charge is 0.233 e. The number of ketones is 1. The number of rotatable bonds is 4. The van der Waals surface area contributed by atoms with Gasteiger partial charge in [-0.2, -0.15) is 0 Å². The number of hydrogen-bond donors (Lipinski definition) is 1. The zero-order valence-electron chi connectivity index (χ0n) is 27.6. The van der Waals surface area contributed by atoms with E-state index in [0.29, 0.717) is 29.7 Å². The third-order valence-corrected chi connectivity index (χ3v) is 14.3. The van der Waals surface area contributed by atoms with Gasteiger partial charge in [0.05, 0.1) is 5.41 Å². The summed E-state index contributed by atoms with van der Waals surface area (Å²) in [6.07, 6.45) is 11.0. The summed E-state index contributed by atoms with van der Waals surface area (Å²) in [5.74, 6) is 2.35. The third kappa shape index (κ3) is 3.91. The standard InChI is InChI=1S/C38H55NO3/c1-24(2)31-28(41)22-38(33(42)39(8)23-25-12-9-10-13-27(25)40)21-20-36(6)26(32(31)38)14-15-30-35(5)18-11-17-34(3,4)29(35)16-19-37(30,36)7/h9-10,12-13,24,26,29-30,40H,11,14-23H2,1-8H3/t26-,29+,30-,35+,36-,37-,38-/m1/s1. The lowest BCUT2D eigenvalue weighted by Crippen LogP contribution is -2.64. The summed E-state index contributed by atoms with van der Waals surface area (Å²) in [5.41, 5.74) is 3.25. The Balaban J connectivity index is 1.41. The SMILES string of the molecule is CC(C)C1=C2[C@H]3CC[C@@H]4[C@@]5(C)CCCC(C)(C)[C@@H]5CC[C@@]4(C)[C@]3(C)CC[C@@]2(C(=O)N(C)Cc2ccccc2O)CC1=O. The summed E-state index contributed by atoms with van der Waals surface area (Å²) in [6, 6.07) is 7.28. The van der Waals surface area contributed by atoms with Crippen LogP contribution in [0.4, 0.5) is 0 Å². The number of allylic oxidation sites excluding steroid dienone is 1. The molecule has 0 heterocycles. The molecule has 0 bridgehead atoms. The summed E-state index contributed by atoms with van der Waals surface area (Å²) in [6.45, 7) is 17.6. The van der Waals surface area contributed by atoms with E-state index in [-0.39, 0.29) is 40.1 Å². The van der Waals surface area contributed by atoms with E-state index in [1.165, 1.54) is 44.1 Å². The van der Waals surface area contributed by atoms with Gasteiger partial charge in [0, 0.05) is 25.6 Å². The minimum atomic E-state index is -0.739. The maximum atomic E-state index is 14.6. The van der Waals surface area contributed by atoms with E-state index in [9.17, 15) is 14.7 Å². The topological polar surface area (TPSA) is 57.6 Å². The maximum absolute atomic E-state index is 14.6. The molecular formula is C38H55NO3. The number of nitrogens with zero attached hydrogens (tertiary/aromatic N) is 1. The zero-order valence-corrected chi connectivity index (χ0v) is 27.6. The van der Waals surface area contributed by atoms with Crippen LogP contribution in [0.15, 0.2) is 35.4 Å². The second kappa shape index (κ2) is 9.70. The third-order valence-electron chi connectivity index (χ3n) is 14.3. The van der Waals surface area contributed by atoms with Gasteiger partial charge in [-0.1, -0.05) is 73.1 Å². The molecule has 4 nitrogen and oxygen atoms in total. The van der Waals surface area contributed by atoms with Crippen molar-refractivity contribution < 1.29 is 14.7 Å². The minimum absolute atomic E-state index is 0.0729. The van der Waals surface area contributed by atoms with E-state index in [1.54, 1.807) is 11.0 Å². The number of para-hydroxylation sites is 1. The van der Waals surface area contributed by atoms with Crippen molar-refractivity contribution in [3.63, 3.8) is 0 Å². The van der Waals surface area contributed by atoms with Gasteiger partial charge in [-0.25, -0.2) is 0 Å². The molecule has 1 aromatic carbocycles. The van der Waals surface area contributed by atoms with Crippen LogP contribution in [0.25, 0.3) is 0 Å². The monoisotopic (exact) mass is 573 g/mol. The highest BCUT2D eigenvalue weighted by molar-refractivity contribution is 6.06. The van der Waals surface area contributed by atoms with Crippen molar-refractivity contribution in [2.24, 2.45) is 50.7 Å². The molecule has 7 atom stereocenters. The van der Waals surface area contributed by atoms with Gasteiger partial charge in [0.2, 0.25) is 5.91 Å². The van der Waals surface area contributed by atoms with Crippen molar-refractivity contribution in [2.75, 3.05) is 7.05 Å². The average molecular weight is 574 g/mol. The van der Waals surface area contributed by atoms with Crippen LogP contribution in [-0.2, 0) is 16.1 Å². The molecule has 4 heteroatoms. The van der Waals surface area contributed by atoms with E-state index in [2.05, 4.69) is 48.5 Å². The van der Waals surface area contributed by atoms with Crippen LogP contribution in [0.5, 0.6) is 5.75 Å². The molecule has 4 saturated carbocycles. The highest BCUT2D eigenvalue weighted by atomic mass is 16.3. The number of Topliss-reactive ketones (excluding diaryl/α,β-unsaturated/α-hetero) is 1. The molecule has 0 spiro atoms. The number of hydrogen-bond acceptors (Lipinski definition) is 3. The molecule has 0 saturated heterocycles. The molecule has 1 aromatic rings. The quantitative estimate of drug-likeness (QED) is 0.392. The molecule has 230 valence electrons. The minimum Gasteiger partial charge on any atom is -0.508 e. The Hall–Kier alpha value is -2.10. The van der Waals surface area contributed by atoms with Gasteiger partial charge < -0.3 is 10.0 Å². The van der Waals surface area contributed by atoms with Crippen molar-refractivity contribution >= 4 is 11.7 Å². The van der Waals surface area contributed by atoms with Crippen LogP contribution in [0.1, 0.15) is 118 Å². The predicted molar refractivity (Wildman–Crippen MR) is 169 cm³/mol. The predicted octanol–water partition coefficient (Wildman–Crippen LogP) is 8.72. The molecule has 0 radical (unpaired) electrons. The van der Waals surface area contributed by atoms with Gasteiger partial charge in [-0.15, -0.1) is 0 Å². The number of phenolic OH excluding ortho intramolecular Hbond substituents is 1. The number of phenols is 1. The fourth-order valence-corrected chi connectivity index (χ4v) is 12.3. The average Bonchev–Trinajstić information content (AvgIpc) is 3.22. The maximum Gasteiger partial charge on any atom is 0.233 e. The Bertz CT molecular complexity index is 1330. The Morgan fingerprint density at radius 1 is 0.929 bits per heavy atom. The Kier molecular flexibility index (Phi) is 6.92. The van der Waals surface area contributed by atoms with E-state index in [0.717, 1.165) is 36.3 Å². The first-order chi connectivity index (χ1) is 19.6. The molecule has 0 aromatic heterocycles. The Morgan fingerprint density at radius 3 is 2.33 bits per heavy atom. The molecule has 1 amide bonds. The fourth-order valence-electron chi connectivity index (χ4n) is 12.3. The number of fused-ring (bicyclic) bond motifs is 7. The van der Waals surface area contributed by atoms with Crippen molar-refractivity contribution in [3.8, 4) is 5.75 Å². The first-order valence-corrected chi connectivity index (χ1v) is 16.9. The highest BCUT2D eigenvalue weighted by Crippen LogP contribution is 2.76. The lowest BCUT2D eigenvalue weighted by Gasteiger charge is -2.71. The van der Waals surface area contributed by atoms with Gasteiger partial charge in [0.15, 0.2) is 5.78 Å². The largest absolute Gasteiger partial charge is 0.508 e. The summed E-state index contributed by atoms with van der Waals surface area (Å²) in [5, 5.41) is 10.5. The van der Waals surface area contributed by atoms with Gasteiger partial charge in [0.1, 0.15) is 5.75 Å². The summed E-state index contributed by atoms with van der Waals surface area (Å²) < 4.78 is 0. The molecule has 0 unspecified atom stereocenters. The molecule has 1 N–H and O–H groups in total. The molecule has 0 aliphatic heterocycles. The molecular weight excluding hydrogens is 518 g/mol. The van der Waals surface area contributed by atoms with Crippen molar-refractivity contribution in [1.82, 2.24) is 4.90 Å².